The molecule has 0 radical (unpaired) electrons. The molecule has 3 nitrogen and oxygen atoms in total. The van der Waals surface area contributed by atoms with Crippen molar-refractivity contribution < 1.29 is 0 Å². The highest BCUT2D eigenvalue weighted by molar-refractivity contribution is 9.10. The van der Waals surface area contributed by atoms with Gasteiger partial charge in [-0.05, 0) is 29.8 Å². The predicted octanol–water partition coefficient (Wildman–Crippen LogP) is 1.62. The van der Waals surface area contributed by atoms with Gasteiger partial charge in [-0.25, -0.2) is 9.67 Å². The van der Waals surface area contributed by atoms with Gasteiger partial charge in [-0.2, -0.15) is 0 Å². The van der Waals surface area contributed by atoms with E-state index >= 15 is 0 Å². The first kappa shape index (κ1) is 6.74. The van der Waals surface area contributed by atoms with Crippen LogP contribution in [0, 0.1) is 0 Å². The Balaban J connectivity index is 2.85. The van der Waals surface area contributed by atoms with Gasteiger partial charge in [-0.3, -0.25) is 0 Å². The highest BCUT2D eigenvalue weighted by Crippen LogP contribution is 2.04. The third kappa shape index (κ3) is 1.51. The molecule has 9 heavy (non-hydrogen) atoms. The standard InChI is InChI=1S/C5H8BrN3/c1-4(2)9-3-7-5(6)8-9/h3-4H,1-2H3. The topological polar surface area (TPSA) is 30.7 Å². The van der Waals surface area contributed by atoms with Gasteiger partial charge >= 0.3 is 0 Å². The number of hydrogen-bond donors (Lipinski definition) is 0. The van der Waals surface area contributed by atoms with Crippen LogP contribution in [0.15, 0.2) is 11.1 Å². The zero-order valence-electron chi connectivity index (χ0n) is 5.37. The van der Waals surface area contributed by atoms with Gasteiger partial charge in [-0.15, -0.1) is 5.10 Å². The summed E-state index contributed by atoms with van der Waals surface area (Å²) in [7, 11) is 0. The predicted molar refractivity (Wildman–Crippen MR) is 38.1 cm³/mol. The van der Waals surface area contributed by atoms with E-state index in [9.17, 15) is 0 Å². The molecule has 0 spiro atoms. The molecule has 0 unspecified atom stereocenters. The van der Waals surface area contributed by atoms with Gasteiger partial charge in [0.05, 0.1) is 0 Å². The van der Waals surface area contributed by atoms with Crippen molar-refractivity contribution in [2.24, 2.45) is 0 Å². The molecule has 0 saturated heterocycles. The smallest absolute Gasteiger partial charge is 0.217 e. The van der Waals surface area contributed by atoms with Gasteiger partial charge in [0, 0.05) is 6.04 Å². The minimum Gasteiger partial charge on any atom is -0.249 e. The second-order valence-electron chi connectivity index (χ2n) is 2.09. The first-order chi connectivity index (χ1) is 4.20. The monoisotopic (exact) mass is 189 g/mol. The second kappa shape index (κ2) is 2.47. The second-order valence-corrected chi connectivity index (χ2v) is 2.80. The van der Waals surface area contributed by atoms with Crippen LogP contribution in [0.1, 0.15) is 19.9 Å². The maximum atomic E-state index is 4.03. The minimum absolute atomic E-state index is 0.392. The molecule has 1 aromatic rings. The molecule has 0 aliphatic rings. The fourth-order valence-corrected chi connectivity index (χ4v) is 0.777. The van der Waals surface area contributed by atoms with Crippen molar-refractivity contribution in [1.29, 1.82) is 0 Å². The molecular weight excluding hydrogens is 182 g/mol. The van der Waals surface area contributed by atoms with Crippen LogP contribution in [0.2, 0.25) is 0 Å². The Hall–Kier alpha value is -0.380. The first-order valence-corrected chi connectivity index (χ1v) is 3.56. The average Bonchev–Trinajstić information content (AvgIpc) is 2.14. The number of rotatable bonds is 1. The molecule has 0 saturated carbocycles. The van der Waals surface area contributed by atoms with Crippen LogP contribution >= 0.6 is 15.9 Å². The number of aromatic nitrogens is 3. The molecule has 0 aliphatic heterocycles. The van der Waals surface area contributed by atoms with Crippen LogP contribution in [0.25, 0.3) is 0 Å². The lowest BCUT2D eigenvalue weighted by Gasteiger charge is -2.00. The van der Waals surface area contributed by atoms with Crippen molar-refractivity contribution in [3.63, 3.8) is 0 Å². The average molecular weight is 190 g/mol. The molecule has 1 aromatic heterocycles. The molecule has 1 rings (SSSR count). The Morgan fingerprint density at radius 2 is 2.33 bits per heavy atom. The van der Waals surface area contributed by atoms with Crippen LogP contribution in [-0.4, -0.2) is 14.8 Å². The van der Waals surface area contributed by atoms with Crippen molar-refractivity contribution in [3.05, 3.63) is 11.1 Å². The lowest BCUT2D eigenvalue weighted by molar-refractivity contribution is 0.529. The SMILES string of the molecule is CC(C)n1cnc(Br)n1. The highest BCUT2D eigenvalue weighted by atomic mass is 79.9. The fourth-order valence-electron chi connectivity index (χ4n) is 0.503. The summed E-state index contributed by atoms with van der Waals surface area (Å²) in [6.45, 7) is 4.11. The van der Waals surface area contributed by atoms with Gasteiger partial charge in [0.1, 0.15) is 6.33 Å². The van der Waals surface area contributed by atoms with E-state index in [4.69, 9.17) is 0 Å². The highest BCUT2D eigenvalue weighted by Gasteiger charge is 1.98. The van der Waals surface area contributed by atoms with Gasteiger partial charge in [0.25, 0.3) is 0 Å². The molecule has 4 heteroatoms. The molecule has 0 aromatic carbocycles. The zero-order chi connectivity index (χ0) is 6.85. The summed E-state index contributed by atoms with van der Waals surface area (Å²) >= 11 is 3.16. The maximum absolute atomic E-state index is 4.03. The van der Waals surface area contributed by atoms with Crippen molar-refractivity contribution in [2.75, 3.05) is 0 Å². The Morgan fingerprint density at radius 1 is 1.67 bits per heavy atom. The summed E-state index contributed by atoms with van der Waals surface area (Å²) < 4.78 is 2.44. The van der Waals surface area contributed by atoms with Crippen LogP contribution in [-0.2, 0) is 0 Å². The number of hydrogen-bond acceptors (Lipinski definition) is 2. The molecule has 0 aliphatic carbocycles. The normalized spacial score (nSPS) is 10.7. The molecule has 0 bridgehead atoms. The Bertz CT molecular complexity index is 194. The summed E-state index contributed by atoms with van der Waals surface area (Å²) in [5.74, 6) is 0. The van der Waals surface area contributed by atoms with Crippen molar-refractivity contribution in [3.8, 4) is 0 Å². The Morgan fingerprint density at radius 3 is 2.56 bits per heavy atom. The van der Waals surface area contributed by atoms with Gasteiger partial charge in [0.2, 0.25) is 4.73 Å². The largest absolute Gasteiger partial charge is 0.249 e. The van der Waals surface area contributed by atoms with Crippen molar-refractivity contribution >= 4 is 15.9 Å². The van der Waals surface area contributed by atoms with Crippen molar-refractivity contribution in [1.82, 2.24) is 14.8 Å². The van der Waals surface area contributed by atoms with Crippen LogP contribution < -0.4 is 0 Å². The van der Waals surface area contributed by atoms with Crippen molar-refractivity contribution in [2.45, 2.75) is 19.9 Å². The van der Waals surface area contributed by atoms with E-state index in [1.165, 1.54) is 0 Å². The first-order valence-electron chi connectivity index (χ1n) is 2.77. The third-order valence-corrected chi connectivity index (χ3v) is 1.37. The maximum Gasteiger partial charge on any atom is 0.217 e. The summed E-state index contributed by atoms with van der Waals surface area (Å²) in [5.41, 5.74) is 0. The quantitative estimate of drug-likeness (QED) is 0.673. The number of nitrogens with zero attached hydrogens (tertiary/aromatic N) is 3. The van der Waals surface area contributed by atoms with Crippen LogP contribution in [0.4, 0.5) is 0 Å². The zero-order valence-corrected chi connectivity index (χ0v) is 6.96. The van der Waals surface area contributed by atoms with Crippen LogP contribution in [0.5, 0.6) is 0 Å². The summed E-state index contributed by atoms with van der Waals surface area (Å²) in [6, 6.07) is 0.392. The number of halogens is 1. The van der Waals surface area contributed by atoms with Gasteiger partial charge < -0.3 is 0 Å². The molecule has 1 heterocycles. The lowest BCUT2D eigenvalue weighted by Crippen LogP contribution is -2.00. The van der Waals surface area contributed by atoms with E-state index in [1.807, 2.05) is 0 Å². The van der Waals surface area contributed by atoms with E-state index in [2.05, 4.69) is 39.9 Å². The van der Waals surface area contributed by atoms with Gasteiger partial charge in [0.15, 0.2) is 0 Å². The Labute approximate surface area is 62.2 Å². The van der Waals surface area contributed by atoms with E-state index in [0.717, 1.165) is 0 Å². The molecule has 0 amide bonds. The molecule has 0 fully saturated rings. The fraction of sp³-hybridized carbons (Fsp3) is 0.600. The molecular formula is C5H8BrN3. The van der Waals surface area contributed by atoms with E-state index < -0.39 is 0 Å². The molecule has 0 N–H and O–H groups in total. The summed E-state index contributed by atoms with van der Waals surface area (Å²) in [6.07, 6.45) is 1.70. The minimum atomic E-state index is 0.392. The summed E-state index contributed by atoms with van der Waals surface area (Å²) in [5, 5.41) is 4.03. The van der Waals surface area contributed by atoms with Crippen LogP contribution in [0.3, 0.4) is 0 Å². The molecule has 0 atom stereocenters. The third-order valence-electron chi connectivity index (χ3n) is 1.01. The van der Waals surface area contributed by atoms with E-state index in [1.54, 1.807) is 11.0 Å². The lowest BCUT2D eigenvalue weighted by atomic mass is 10.4. The van der Waals surface area contributed by atoms with E-state index in [-0.39, 0.29) is 0 Å². The van der Waals surface area contributed by atoms with E-state index in [0.29, 0.717) is 10.8 Å². The van der Waals surface area contributed by atoms with Gasteiger partial charge in [-0.1, -0.05) is 0 Å². The molecule has 50 valence electrons. The Kier molecular flexibility index (Phi) is 1.85. The summed E-state index contributed by atoms with van der Waals surface area (Å²) in [4.78, 5) is 3.91.